The molecule has 0 aromatic heterocycles. The molecular weight excluding hydrogens is 211 g/mol. The summed E-state index contributed by atoms with van der Waals surface area (Å²) < 4.78 is 38.6. The molecule has 0 atom stereocenters. The molecule has 0 heterocycles. The molecule has 0 aliphatic carbocycles. The Morgan fingerprint density at radius 3 is 2.36 bits per heavy atom. The molecule has 0 bridgehead atoms. The predicted molar refractivity (Wildman–Crippen MR) is 51.0 cm³/mol. The third-order valence-electron chi connectivity index (χ3n) is 1.45. The van der Waals surface area contributed by atoms with Crippen molar-refractivity contribution in [3.63, 3.8) is 0 Å². The Kier molecular flexibility index (Phi) is 3.44. The molecule has 0 fully saturated rings. The van der Waals surface area contributed by atoms with Crippen molar-refractivity contribution in [3.05, 3.63) is 29.8 Å². The van der Waals surface area contributed by atoms with Gasteiger partial charge in [-0.05, 0) is 44.2 Å². The third-order valence-corrected chi connectivity index (χ3v) is 2.28. The van der Waals surface area contributed by atoms with Gasteiger partial charge in [-0.2, -0.15) is 13.2 Å². The lowest BCUT2D eigenvalue weighted by molar-refractivity contribution is -0.137. The molecule has 5 heteroatoms. The van der Waals surface area contributed by atoms with Gasteiger partial charge in [0.15, 0.2) is 0 Å². The molecule has 0 saturated carbocycles. The van der Waals surface area contributed by atoms with Crippen molar-refractivity contribution in [2.45, 2.75) is 11.1 Å². The minimum absolute atomic E-state index is 0.588. The maximum atomic E-state index is 12.3. The second-order valence-electron chi connectivity index (χ2n) is 2.93. The first kappa shape index (κ1) is 11.4. The molecule has 0 spiro atoms. The molecule has 1 aromatic rings. The van der Waals surface area contributed by atoms with Crippen LogP contribution in [0.1, 0.15) is 5.56 Å². The number of rotatable bonds is 2. The zero-order valence-corrected chi connectivity index (χ0v) is 8.62. The summed E-state index contributed by atoms with van der Waals surface area (Å²) >= 11 is 1.26. The number of alkyl halides is 3. The lowest BCUT2D eigenvalue weighted by atomic mass is 10.2. The Bertz CT molecular complexity index is 309. The van der Waals surface area contributed by atoms with Gasteiger partial charge in [-0.3, -0.25) is 4.31 Å². The van der Waals surface area contributed by atoms with E-state index in [2.05, 4.69) is 0 Å². The van der Waals surface area contributed by atoms with E-state index in [-0.39, 0.29) is 0 Å². The lowest BCUT2D eigenvalue weighted by Gasteiger charge is -2.11. The lowest BCUT2D eigenvalue weighted by Crippen LogP contribution is -2.05. The summed E-state index contributed by atoms with van der Waals surface area (Å²) in [7, 11) is 3.57. The first-order chi connectivity index (χ1) is 6.39. The summed E-state index contributed by atoms with van der Waals surface area (Å²) in [6.45, 7) is 0. The van der Waals surface area contributed by atoms with Crippen molar-refractivity contribution in [3.8, 4) is 0 Å². The molecule has 0 aliphatic rings. The quantitative estimate of drug-likeness (QED) is 0.705. The first-order valence-corrected chi connectivity index (χ1v) is 4.69. The highest BCUT2D eigenvalue weighted by Gasteiger charge is 2.30. The van der Waals surface area contributed by atoms with E-state index in [1.54, 1.807) is 24.5 Å². The van der Waals surface area contributed by atoms with Gasteiger partial charge < -0.3 is 0 Å². The van der Waals surface area contributed by atoms with Gasteiger partial charge in [-0.15, -0.1) is 0 Å². The van der Waals surface area contributed by atoms with Gasteiger partial charge in [-0.1, -0.05) is 6.07 Å². The molecule has 1 nitrogen and oxygen atoms in total. The smallest absolute Gasteiger partial charge is 0.253 e. The first-order valence-electron chi connectivity index (χ1n) is 3.92. The van der Waals surface area contributed by atoms with Gasteiger partial charge >= 0.3 is 6.18 Å². The summed E-state index contributed by atoms with van der Waals surface area (Å²) in [5.74, 6) is 0. The zero-order valence-electron chi connectivity index (χ0n) is 7.80. The Labute approximate surface area is 85.0 Å². The predicted octanol–water partition coefficient (Wildman–Crippen LogP) is 3.27. The van der Waals surface area contributed by atoms with Crippen LogP contribution >= 0.6 is 11.9 Å². The molecule has 0 aliphatic heterocycles. The maximum absolute atomic E-state index is 12.3. The fourth-order valence-electron chi connectivity index (χ4n) is 0.940. The number of nitrogens with zero attached hydrogens (tertiary/aromatic N) is 1. The second-order valence-corrected chi connectivity index (χ2v) is 4.31. The van der Waals surface area contributed by atoms with Gasteiger partial charge in [0.2, 0.25) is 0 Å². The van der Waals surface area contributed by atoms with Crippen LogP contribution in [0, 0.1) is 0 Å². The summed E-state index contributed by atoms with van der Waals surface area (Å²) in [6, 6.07) is 5.28. The highest BCUT2D eigenvalue weighted by molar-refractivity contribution is 7.97. The Morgan fingerprint density at radius 1 is 1.21 bits per heavy atom. The zero-order chi connectivity index (χ0) is 10.8. The third kappa shape index (κ3) is 3.23. The Morgan fingerprint density at radius 2 is 1.86 bits per heavy atom. The molecule has 78 valence electrons. The van der Waals surface area contributed by atoms with Crippen molar-refractivity contribution in [2.24, 2.45) is 0 Å². The average Bonchev–Trinajstić information content (AvgIpc) is 2.01. The summed E-state index contributed by atoms with van der Waals surface area (Å²) in [5, 5.41) is 0. The highest BCUT2D eigenvalue weighted by atomic mass is 32.2. The van der Waals surface area contributed by atoms with Crippen LogP contribution in [0.4, 0.5) is 13.2 Å². The second kappa shape index (κ2) is 4.23. The number of benzene rings is 1. The summed E-state index contributed by atoms with van der Waals surface area (Å²) in [5.41, 5.74) is -0.607. The minimum atomic E-state index is -4.26. The number of halogens is 3. The summed E-state index contributed by atoms with van der Waals surface area (Å²) in [6.07, 6.45) is -4.26. The van der Waals surface area contributed by atoms with E-state index in [1.165, 1.54) is 18.0 Å². The average molecular weight is 221 g/mol. The van der Waals surface area contributed by atoms with Gasteiger partial charge in [0.1, 0.15) is 0 Å². The van der Waals surface area contributed by atoms with Crippen molar-refractivity contribution in [1.82, 2.24) is 4.31 Å². The SMILES string of the molecule is CN(C)Sc1cccc(C(F)(F)F)c1. The van der Waals surface area contributed by atoms with Crippen LogP contribution in [-0.2, 0) is 6.18 Å². The van der Waals surface area contributed by atoms with Gasteiger partial charge in [0.25, 0.3) is 0 Å². The molecule has 0 amide bonds. The van der Waals surface area contributed by atoms with E-state index in [1.807, 2.05) is 0 Å². The van der Waals surface area contributed by atoms with Crippen LogP contribution in [0.3, 0.4) is 0 Å². The number of hydrogen-bond donors (Lipinski definition) is 0. The van der Waals surface area contributed by atoms with E-state index in [0.717, 1.165) is 12.1 Å². The highest BCUT2D eigenvalue weighted by Crippen LogP contribution is 2.32. The van der Waals surface area contributed by atoms with Crippen LogP contribution in [-0.4, -0.2) is 18.4 Å². The molecule has 1 aromatic carbocycles. The summed E-state index contributed by atoms with van der Waals surface area (Å²) in [4.78, 5) is 0.588. The molecule has 0 radical (unpaired) electrons. The van der Waals surface area contributed by atoms with Crippen LogP contribution in [0.25, 0.3) is 0 Å². The molecular formula is C9H10F3NS. The molecule has 0 unspecified atom stereocenters. The molecule has 0 N–H and O–H groups in total. The van der Waals surface area contributed by atoms with Crippen molar-refractivity contribution in [2.75, 3.05) is 14.1 Å². The van der Waals surface area contributed by atoms with E-state index in [9.17, 15) is 13.2 Å². The monoisotopic (exact) mass is 221 g/mol. The van der Waals surface area contributed by atoms with Crippen molar-refractivity contribution < 1.29 is 13.2 Å². The number of hydrogen-bond acceptors (Lipinski definition) is 2. The Balaban J connectivity index is 2.90. The van der Waals surface area contributed by atoms with Crippen molar-refractivity contribution in [1.29, 1.82) is 0 Å². The molecule has 0 saturated heterocycles. The van der Waals surface area contributed by atoms with Crippen LogP contribution in [0.5, 0.6) is 0 Å². The van der Waals surface area contributed by atoms with Gasteiger partial charge in [0, 0.05) is 4.90 Å². The van der Waals surface area contributed by atoms with E-state index >= 15 is 0 Å². The van der Waals surface area contributed by atoms with Gasteiger partial charge in [-0.25, -0.2) is 0 Å². The van der Waals surface area contributed by atoms with Crippen LogP contribution in [0.15, 0.2) is 29.2 Å². The van der Waals surface area contributed by atoms with E-state index in [0.29, 0.717) is 4.90 Å². The van der Waals surface area contributed by atoms with E-state index < -0.39 is 11.7 Å². The normalized spacial score (nSPS) is 12.1. The van der Waals surface area contributed by atoms with Crippen molar-refractivity contribution >= 4 is 11.9 Å². The largest absolute Gasteiger partial charge is 0.416 e. The van der Waals surface area contributed by atoms with Crippen LogP contribution < -0.4 is 0 Å². The fraction of sp³-hybridized carbons (Fsp3) is 0.333. The topological polar surface area (TPSA) is 3.24 Å². The van der Waals surface area contributed by atoms with Gasteiger partial charge in [0.05, 0.1) is 5.56 Å². The molecule has 1 rings (SSSR count). The molecule has 14 heavy (non-hydrogen) atoms. The fourth-order valence-corrected chi connectivity index (χ4v) is 1.68. The van der Waals surface area contributed by atoms with E-state index in [4.69, 9.17) is 0 Å². The maximum Gasteiger partial charge on any atom is 0.416 e. The Hall–Kier alpha value is -0.680. The standard InChI is InChI=1S/C9H10F3NS/c1-13(2)14-8-5-3-4-7(6-8)9(10,11)12/h3-6H,1-2H3. The minimum Gasteiger partial charge on any atom is -0.253 e. The van der Waals surface area contributed by atoms with Crippen LogP contribution in [0.2, 0.25) is 0 Å².